The Bertz CT molecular complexity index is 626. The number of carbonyl (C=O) groups is 1. The smallest absolute Gasteiger partial charge is 0.358 e. The highest BCUT2D eigenvalue weighted by molar-refractivity contribution is 5.84. The summed E-state index contributed by atoms with van der Waals surface area (Å²) in [7, 11) is 1.30. The lowest BCUT2D eigenvalue weighted by molar-refractivity contribution is 0.0690. The van der Waals surface area contributed by atoms with Crippen molar-refractivity contribution >= 4 is 5.97 Å². The van der Waals surface area contributed by atoms with Crippen LogP contribution in [0, 0.1) is 5.82 Å². The van der Waals surface area contributed by atoms with E-state index in [-0.39, 0.29) is 22.7 Å². The van der Waals surface area contributed by atoms with Gasteiger partial charge in [-0.3, -0.25) is 0 Å². The molecule has 0 atom stereocenters. The van der Waals surface area contributed by atoms with E-state index in [9.17, 15) is 14.3 Å². The minimum absolute atomic E-state index is 0.0219. The van der Waals surface area contributed by atoms with Crippen LogP contribution < -0.4 is 4.74 Å². The molecule has 0 radical (unpaired) electrons. The molecule has 0 fully saturated rings. The summed E-state index contributed by atoms with van der Waals surface area (Å²) in [5.41, 5.74) is -0.137. The van der Waals surface area contributed by atoms with Crippen molar-refractivity contribution in [3.8, 4) is 11.4 Å². The Morgan fingerprint density at radius 2 is 2.26 bits per heavy atom. The zero-order valence-corrected chi connectivity index (χ0v) is 9.87. The van der Waals surface area contributed by atoms with Gasteiger partial charge in [-0.25, -0.2) is 13.9 Å². The van der Waals surface area contributed by atoms with Crippen LogP contribution in [0.3, 0.4) is 0 Å². The monoisotopic (exact) mass is 267 g/mol. The molecule has 1 aromatic carbocycles. The molecule has 2 rings (SSSR count). The van der Waals surface area contributed by atoms with Crippen LogP contribution in [-0.2, 0) is 6.61 Å². The Hall–Kier alpha value is -2.48. The number of nitrogens with zero attached hydrogens (tertiary/aromatic N) is 3. The number of hydrogen-bond acceptors (Lipinski definition) is 5. The molecule has 0 amide bonds. The third-order valence-electron chi connectivity index (χ3n) is 2.52. The maximum absolute atomic E-state index is 13.9. The van der Waals surface area contributed by atoms with Gasteiger partial charge in [0.05, 0.1) is 25.6 Å². The number of carboxylic acid groups (broad SMARTS) is 1. The largest absolute Gasteiger partial charge is 0.494 e. The van der Waals surface area contributed by atoms with E-state index < -0.39 is 18.4 Å². The lowest BCUT2D eigenvalue weighted by Gasteiger charge is -2.10. The fourth-order valence-corrected chi connectivity index (χ4v) is 1.59. The number of aromatic carboxylic acids is 1. The second kappa shape index (κ2) is 5.02. The number of rotatable bonds is 4. The minimum Gasteiger partial charge on any atom is -0.494 e. The topological polar surface area (TPSA) is 97.5 Å². The van der Waals surface area contributed by atoms with Crippen molar-refractivity contribution in [1.29, 1.82) is 0 Å². The lowest BCUT2D eigenvalue weighted by atomic mass is 10.1. The Balaban J connectivity index is 2.55. The lowest BCUT2D eigenvalue weighted by Crippen LogP contribution is -2.05. The maximum atomic E-state index is 13.9. The summed E-state index contributed by atoms with van der Waals surface area (Å²) in [6, 6.07) is 2.81. The summed E-state index contributed by atoms with van der Waals surface area (Å²) in [5.74, 6) is -1.99. The number of aliphatic hydroxyl groups is 1. The Morgan fingerprint density at radius 3 is 2.79 bits per heavy atom. The van der Waals surface area contributed by atoms with Gasteiger partial charge in [0.2, 0.25) is 0 Å². The first-order valence-electron chi connectivity index (χ1n) is 5.20. The average molecular weight is 267 g/mol. The van der Waals surface area contributed by atoms with E-state index in [0.29, 0.717) is 0 Å². The summed E-state index contributed by atoms with van der Waals surface area (Å²) in [5, 5.41) is 25.0. The average Bonchev–Trinajstić information content (AvgIpc) is 2.87. The maximum Gasteiger partial charge on any atom is 0.358 e. The van der Waals surface area contributed by atoms with Crippen molar-refractivity contribution in [3.63, 3.8) is 0 Å². The van der Waals surface area contributed by atoms with Crippen LogP contribution in [0.2, 0.25) is 0 Å². The quantitative estimate of drug-likeness (QED) is 0.842. The summed E-state index contributed by atoms with van der Waals surface area (Å²) in [6.07, 6.45) is 1.13. The molecule has 7 nitrogen and oxygen atoms in total. The van der Waals surface area contributed by atoms with Crippen LogP contribution in [0.4, 0.5) is 4.39 Å². The van der Waals surface area contributed by atoms with Gasteiger partial charge in [0.1, 0.15) is 0 Å². The Labute approximate surface area is 106 Å². The van der Waals surface area contributed by atoms with E-state index in [1.54, 1.807) is 0 Å². The SMILES string of the molecule is COc1ccc(-n2cc(C(=O)O)nn2)c(CO)c1F. The van der Waals surface area contributed by atoms with Crippen LogP contribution >= 0.6 is 0 Å². The second-order valence-corrected chi connectivity index (χ2v) is 3.59. The summed E-state index contributed by atoms with van der Waals surface area (Å²) in [6.45, 7) is -0.583. The number of benzene rings is 1. The Morgan fingerprint density at radius 1 is 1.53 bits per heavy atom. The molecule has 0 saturated carbocycles. The fraction of sp³-hybridized carbons (Fsp3) is 0.182. The highest BCUT2D eigenvalue weighted by atomic mass is 19.1. The molecule has 2 N–H and O–H groups in total. The summed E-state index contributed by atoms with van der Waals surface area (Å²) >= 11 is 0. The van der Waals surface area contributed by atoms with E-state index >= 15 is 0 Å². The van der Waals surface area contributed by atoms with E-state index in [0.717, 1.165) is 10.9 Å². The minimum atomic E-state index is -1.24. The fourth-order valence-electron chi connectivity index (χ4n) is 1.59. The Kier molecular flexibility index (Phi) is 3.43. The van der Waals surface area contributed by atoms with Crippen molar-refractivity contribution in [2.24, 2.45) is 0 Å². The van der Waals surface area contributed by atoms with Crippen molar-refractivity contribution < 1.29 is 24.1 Å². The zero-order chi connectivity index (χ0) is 14.0. The number of hydrogen-bond donors (Lipinski definition) is 2. The van der Waals surface area contributed by atoms with Gasteiger partial charge in [0.15, 0.2) is 17.3 Å². The molecule has 0 unspecified atom stereocenters. The molecule has 0 spiro atoms. The third kappa shape index (κ3) is 2.25. The van der Waals surface area contributed by atoms with Gasteiger partial charge in [0.25, 0.3) is 0 Å². The first-order valence-corrected chi connectivity index (χ1v) is 5.20. The molecular weight excluding hydrogens is 257 g/mol. The van der Waals surface area contributed by atoms with Crippen LogP contribution in [0.15, 0.2) is 18.3 Å². The van der Waals surface area contributed by atoms with E-state index in [4.69, 9.17) is 9.84 Å². The third-order valence-corrected chi connectivity index (χ3v) is 2.52. The van der Waals surface area contributed by atoms with Gasteiger partial charge in [-0.2, -0.15) is 0 Å². The molecule has 0 aliphatic carbocycles. The van der Waals surface area contributed by atoms with E-state index in [1.807, 2.05) is 0 Å². The molecule has 100 valence electrons. The zero-order valence-electron chi connectivity index (χ0n) is 9.87. The number of aromatic nitrogens is 3. The van der Waals surface area contributed by atoms with Crippen molar-refractivity contribution in [1.82, 2.24) is 15.0 Å². The number of ether oxygens (including phenoxy) is 1. The number of methoxy groups -OCH3 is 1. The van der Waals surface area contributed by atoms with Crippen LogP contribution in [0.1, 0.15) is 16.1 Å². The van der Waals surface area contributed by atoms with Crippen molar-refractivity contribution in [2.75, 3.05) is 7.11 Å². The molecular formula is C11H10FN3O4. The standard InChI is InChI=1S/C11H10FN3O4/c1-19-9-3-2-8(6(5-16)10(9)12)15-4-7(11(17)18)13-14-15/h2-4,16H,5H2,1H3,(H,17,18). The predicted octanol–water partition coefficient (Wildman–Crippen LogP) is 0.605. The molecule has 1 aromatic heterocycles. The van der Waals surface area contributed by atoms with Crippen LogP contribution in [-0.4, -0.2) is 38.3 Å². The second-order valence-electron chi connectivity index (χ2n) is 3.59. The molecule has 0 aliphatic heterocycles. The normalized spacial score (nSPS) is 10.5. The molecule has 0 bridgehead atoms. The summed E-state index contributed by atoms with van der Waals surface area (Å²) < 4.78 is 19.8. The molecule has 1 heterocycles. The molecule has 0 aliphatic rings. The molecule has 19 heavy (non-hydrogen) atoms. The molecule has 8 heteroatoms. The summed E-state index contributed by atoms with van der Waals surface area (Å²) in [4.78, 5) is 10.7. The van der Waals surface area contributed by atoms with Gasteiger partial charge in [-0.15, -0.1) is 5.10 Å². The van der Waals surface area contributed by atoms with Gasteiger partial charge in [-0.05, 0) is 12.1 Å². The van der Waals surface area contributed by atoms with Gasteiger partial charge >= 0.3 is 5.97 Å². The van der Waals surface area contributed by atoms with E-state index in [2.05, 4.69) is 10.3 Å². The number of carboxylic acids is 1. The molecule has 0 saturated heterocycles. The number of aliphatic hydroxyl groups excluding tert-OH is 1. The first-order chi connectivity index (χ1) is 9.08. The van der Waals surface area contributed by atoms with Gasteiger partial charge in [0, 0.05) is 5.56 Å². The number of halogens is 1. The van der Waals surface area contributed by atoms with E-state index in [1.165, 1.54) is 19.2 Å². The van der Waals surface area contributed by atoms with Gasteiger partial charge in [-0.1, -0.05) is 5.21 Å². The first kappa shape index (κ1) is 13.0. The molecule has 2 aromatic rings. The highest BCUT2D eigenvalue weighted by Gasteiger charge is 2.17. The van der Waals surface area contributed by atoms with Crippen molar-refractivity contribution in [3.05, 3.63) is 35.4 Å². The van der Waals surface area contributed by atoms with Crippen LogP contribution in [0.25, 0.3) is 5.69 Å². The van der Waals surface area contributed by atoms with Crippen molar-refractivity contribution in [2.45, 2.75) is 6.61 Å². The highest BCUT2D eigenvalue weighted by Crippen LogP contribution is 2.26. The predicted molar refractivity (Wildman–Crippen MR) is 60.8 cm³/mol. The van der Waals surface area contributed by atoms with Gasteiger partial charge < -0.3 is 14.9 Å². The van der Waals surface area contributed by atoms with Crippen LogP contribution in [0.5, 0.6) is 5.75 Å².